The third-order valence-corrected chi connectivity index (χ3v) is 3.13. The van der Waals surface area contributed by atoms with Crippen LogP contribution in [0.5, 0.6) is 11.5 Å². The highest BCUT2D eigenvalue weighted by atomic mass is 16.5. The highest BCUT2D eigenvalue weighted by Crippen LogP contribution is 2.25. The van der Waals surface area contributed by atoms with Crippen molar-refractivity contribution in [1.82, 2.24) is 15.0 Å². The lowest BCUT2D eigenvalue weighted by atomic mass is 10.2. The molecule has 3 rings (SSSR count). The van der Waals surface area contributed by atoms with E-state index in [0.717, 1.165) is 0 Å². The summed E-state index contributed by atoms with van der Waals surface area (Å²) < 4.78 is 11.0. The van der Waals surface area contributed by atoms with E-state index in [1.165, 1.54) is 0 Å². The van der Waals surface area contributed by atoms with Gasteiger partial charge in [-0.1, -0.05) is 30.3 Å². The van der Waals surface area contributed by atoms with Crippen molar-refractivity contribution < 1.29 is 14.3 Å². The quantitative estimate of drug-likeness (QED) is 0.678. The van der Waals surface area contributed by atoms with Gasteiger partial charge in [0.15, 0.2) is 12.4 Å². The Morgan fingerprint density at radius 3 is 2.24 bits per heavy atom. The van der Waals surface area contributed by atoms with Crippen LogP contribution < -0.4 is 16.2 Å². The molecule has 8 nitrogen and oxygen atoms in total. The van der Waals surface area contributed by atoms with Crippen LogP contribution in [-0.4, -0.2) is 20.9 Å². The molecule has 1 aromatic heterocycles. The number of para-hydroxylation sites is 2. The van der Waals surface area contributed by atoms with Crippen molar-refractivity contribution in [3.63, 3.8) is 0 Å². The maximum absolute atomic E-state index is 12.4. The Kier molecular flexibility index (Phi) is 4.70. The first kappa shape index (κ1) is 16.2. The minimum atomic E-state index is -0.580. The van der Waals surface area contributed by atoms with Gasteiger partial charge in [0.2, 0.25) is 11.9 Å². The van der Waals surface area contributed by atoms with Crippen molar-refractivity contribution in [2.75, 3.05) is 11.5 Å². The smallest absolute Gasteiger partial charge is 0.342 e. The van der Waals surface area contributed by atoms with Crippen LogP contribution in [0.25, 0.3) is 0 Å². The van der Waals surface area contributed by atoms with E-state index in [1.807, 2.05) is 18.2 Å². The molecule has 0 atom stereocenters. The van der Waals surface area contributed by atoms with Crippen molar-refractivity contribution in [3.8, 4) is 11.5 Å². The molecule has 0 saturated carbocycles. The van der Waals surface area contributed by atoms with Crippen LogP contribution >= 0.6 is 0 Å². The van der Waals surface area contributed by atoms with Gasteiger partial charge >= 0.3 is 5.97 Å². The van der Waals surface area contributed by atoms with E-state index >= 15 is 0 Å². The number of carbonyl (C=O) groups is 1. The Labute approximate surface area is 143 Å². The van der Waals surface area contributed by atoms with Gasteiger partial charge in [0.1, 0.15) is 17.1 Å². The average Bonchev–Trinajstić information content (AvgIpc) is 2.60. The lowest BCUT2D eigenvalue weighted by Crippen LogP contribution is -2.11. The first-order valence-electron chi connectivity index (χ1n) is 7.37. The normalized spacial score (nSPS) is 10.2. The van der Waals surface area contributed by atoms with Crippen molar-refractivity contribution in [1.29, 1.82) is 0 Å². The standard InChI is InChI=1S/C17H15N5O3/c18-16-20-14(21-17(19)22-16)10-24-15(23)12-8-4-5-9-13(12)25-11-6-2-1-3-7-11/h1-9H,10H2,(H4,18,19,20,21,22). The number of carbonyl (C=O) groups excluding carboxylic acids is 1. The van der Waals surface area contributed by atoms with E-state index in [2.05, 4.69) is 15.0 Å². The van der Waals surface area contributed by atoms with Crippen molar-refractivity contribution in [3.05, 3.63) is 66.0 Å². The molecule has 25 heavy (non-hydrogen) atoms. The van der Waals surface area contributed by atoms with Gasteiger partial charge in [-0.2, -0.15) is 15.0 Å². The molecule has 0 fully saturated rings. The van der Waals surface area contributed by atoms with Crippen LogP contribution in [0.2, 0.25) is 0 Å². The molecule has 0 bridgehead atoms. The van der Waals surface area contributed by atoms with Crippen molar-refractivity contribution >= 4 is 17.9 Å². The SMILES string of the molecule is Nc1nc(N)nc(COC(=O)c2ccccc2Oc2ccccc2)n1. The van der Waals surface area contributed by atoms with Crippen LogP contribution in [0.15, 0.2) is 54.6 Å². The molecular formula is C17H15N5O3. The minimum Gasteiger partial charge on any atom is -0.456 e. The molecule has 126 valence electrons. The molecule has 0 aliphatic carbocycles. The van der Waals surface area contributed by atoms with E-state index in [4.69, 9.17) is 20.9 Å². The Hall–Kier alpha value is -3.68. The van der Waals surface area contributed by atoms with E-state index in [-0.39, 0.29) is 29.9 Å². The van der Waals surface area contributed by atoms with Gasteiger partial charge in [0.25, 0.3) is 0 Å². The van der Waals surface area contributed by atoms with E-state index in [0.29, 0.717) is 11.5 Å². The molecule has 1 heterocycles. The number of hydrogen-bond donors (Lipinski definition) is 2. The molecule has 3 aromatic rings. The third kappa shape index (κ3) is 4.20. The maximum Gasteiger partial charge on any atom is 0.342 e. The average molecular weight is 337 g/mol. The van der Waals surface area contributed by atoms with Gasteiger partial charge in [-0.25, -0.2) is 4.79 Å². The Balaban J connectivity index is 1.74. The molecular weight excluding hydrogens is 322 g/mol. The second kappa shape index (κ2) is 7.26. The summed E-state index contributed by atoms with van der Waals surface area (Å²) in [6, 6.07) is 15.9. The molecule has 0 radical (unpaired) electrons. The third-order valence-electron chi connectivity index (χ3n) is 3.13. The van der Waals surface area contributed by atoms with Crippen LogP contribution in [0.3, 0.4) is 0 Å². The van der Waals surface area contributed by atoms with Gasteiger partial charge in [0, 0.05) is 0 Å². The highest BCUT2D eigenvalue weighted by Gasteiger charge is 2.15. The Morgan fingerprint density at radius 2 is 1.52 bits per heavy atom. The molecule has 0 aliphatic heterocycles. The second-order valence-electron chi connectivity index (χ2n) is 4.96. The fourth-order valence-corrected chi connectivity index (χ4v) is 2.07. The Bertz CT molecular complexity index is 866. The van der Waals surface area contributed by atoms with Gasteiger partial charge in [-0.3, -0.25) is 0 Å². The molecule has 0 saturated heterocycles. The summed E-state index contributed by atoms with van der Waals surface area (Å²) in [6.07, 6.45) is 0. The fraction of sp³-hybridized carbons (Fsp3) is 0.0588. The summed E-state index contributed by atoms with van der Waals surface area (Å²) in [6.45, 7) is -0.185. The summed E-state index contributed by atoms with van der Waals surface area (Å²) in [4.78, 5) is 23.7. The number of nitrogens with zero attached hydrogens (tertiary/aromatic N) is 3. The predicted molar refractivity (Wildman–Crippen MR) is 90.7 cm³/mol. The number of benzene rings is 2. The Morgan fingerprint density at radius 1 is 0.880 bits per heavy atom. The number of anilines is 2. The zero-order valence-corrected chi connectivity index (χ0v) is 13.1. The van der Waals surface area contributed by atoms with Crippen molar-refractivity contribution in [2.24, 2.45) is 0 Å². The summed E-state index contributed by atoms with van der Waals surface area (Å²) in [5.41, 5.74) is 11.2. The summed E-state index contributed by atoms with van der Waals surface area (Å²) >= 11 is 0. The zero-order chi connectivity index (χ0) is 17.6. The number of esters is 1. The van der Waals surface area contributed by atoms with Crippen LogP contribution in [0, 0.1) is 0 Å². The van der Waals surface area contributed by atoms with Crippen LogP contribution in [0.1, 0.15) is 16.2 Å². The fourth-order valence-electron chi connectivity index (χ4n) is 2.07. The number of ether oxygens (including phenoxy) is 2. The number of nitrogen functional groups attached to an aromatic ring is 2. The number of aromatic nitrogens is 3. The van der Waals surface area contributed by atoms with E-state index < -0.39 is 5.97 Å². The maximum atomic E-state index is 12.4. The molecule has 2 aromatic carbocycles. The van der Waals surface area contributed by atoms with Gasteiger partial charge < -0.3 is 20.9 Å². The number of nitrogens with two attached hydrogens (primary N) is 2. The van der Waals surface area contributed by atoms with Crippen LogP contribution in [-0.2, 0) is 11.3 Å². The summed E-state index contributed by atoms with van der Waals surface area (Å²) in [5, 5.41) is 0. The monoisotopic (exact) mass is 337 g/mol. The molecule has 0 spiro atoms. The van der Waals surface area contributed by atoms with Gasteiger partial charge in [0.05, 0.1) is 0 Å². The molecule has 0 aliphatic rings. The largest absolute Gasteiger partial charge is 0.456 e. The first-order valence-corrected chi connectivity index (χ1v) is 7.37. The summed E-state index contributed by atoms with van der Waals surface area (Å²) in [7, 11) is 0. The second-order valence-corrected chi connectivity index (χ2v) is 4.96. The summed E-state index contributed by atoms with van der Waals surface area (Å²) in [5.74, 6) is 0.510. The lowest BCUT2D eigenvalue weighted by molar-refractivity contribution is 0.0459. The molecule has 0 amide bonds. The zero-order valence-electron chi connectivity index (χ0n) is 13.1. The van der Waals surface area contributed by atoms with Gasteiger partial charge in [-0.15, -0.1) is 0 Å². The highest BCUT2D eigenvalue weighted by molar-refractivity contribution is 5.92. The molecule has 0 unspecified atom stereocenters. The minimum absolute atomic E-state index is 0.0358. The van der Waals surface area contributed by atoms with E-state index in [9.17, 15) is 4.79 Å². The lowest BCUT2D eigenvalue weighted by Gasteiger charge is -2.10. The molecule has 8 heteroatoms. The topological polar surface area (TPSA) is 126 Å². The number of hydrogen-bond acceptors (Lipinski definition) is 8. The number of rotatable bonds is 5. The van der Waals surface area contributed by atoms with Crippen LogP contribution in [0.4, 0.5) is 11.9 Å². The van der Waals surface area contributed by atoms with Crippen molar-refractivity contribution in [2.45, 2.75) is 6.61 Å². The van der Waals surface area contributed by atoms with Gasteiger partial charge in [-0.05, 0) is 24.3 Å². The predicted octanol–water partition coefficient (Wildman–Crippen LogP) is 2.19. The van der Waals surface area contributed by atoms with E-state index in [1.54, 1.807) is 36.4 Å². The molecule has 4 N–H and O–H groups in total. The first-order chi connectivity index (χ1) is 12.1.